The largest absolute Gasteiger partial charge is 0.424 e. The number of H-pyrrole nitrogens is 1. The molecule has 4 N–H and O–H groups in total. The van der Waals surface area contributed by atoms with Gasteiger partial charge in [-0.25, -0.2) is 4.79 Å². The van der Waals surface area contributed by atoms with E-state index in [0.717, 1.165) is 6.07 Å². The van der Waals surface area contributed by atoms with E-state index in [4.69, 9.17) is 9.84 Å². The number of aliphatic hydroxyl groups is 3. The van der Waals surface area contributed by atoms with Gasteiger partial charge in [-0.3, -0.25) is 14.3 Å². The van der Waals surface area contributed by atoms with Crippen molar-refractivity contribution in [2.24, 2.45) is 0 Å². The molecule has 0 saturated carbocycles. The summed E-state index contributed by atoms with van der Waals surface area (Å²) in [5.41, 5.74) is -5.94. The van der Waals surface area contributed by atoms with Gasteiger partial charge in [0.2, 0.25) is 5.60 Å². The normalized spacial score (nSPS) is 33.3. The van der Waals surface area contributed by atoms with Gasteiger partial charge in [-0.15, -0.1) is 0 Å². The summed E-state index contributed by atoms with van der Waals surface area (Å²) < 4.78 is 44.3. The van der Waals surface area contributed by atoms with Gasteiger partial charge < -0.3 is 20.1 Å². The second-order valence-electron chi connectivity index (χ2n) is 4.49. The lowest BCUT2D eigenvalue weighted by atomic mass is 9.93. The van der Waals surface area contributed by atoms with Crippen LogP contribution < -0.4 is 11.2 Å². The quantitative estimate of drug-likeness (QED) is 0.504. The Labute approximate surface area is 114 Å². The number of alkyl halides is 3. The Balaban J connectivity index is 2.60. The summed E-state index contributed by atoms with van der Waals surface area (Å²) in [6, 6.07) is 0.750. The maximum atomic E-state index is 13.1. The molecule has 0 aromatic carbocycles. The van der Waals surface area contributed by atoms with E-state index in [1.807, 2.05) is 0 Å². The van der Waals surface area contributed by atoms with Crippen molar-refractivity contribution in [3.05, 3.63) is 33.1 Å². The minimum atomic E-state index is -5.35. The van der Waals surface area contributed by atoms with Crippen LogP contribution in [-0.2, 0) is 4.74 Å². The summed E-state index contributed by atoms with van der Waals surface area (Å²) >= 11 is 0. The summed E-state index contributed by atoms with van der Waals surface area (Å²) in [6.45, 7) is -1.01. The van der Waals surface area contributed by atoms with Crippen molar-refractivity contribution in [2.45, 2.75) is 30.2 Å². The molecule has 11 heteroatoms. The number of aromatic amines is 1. The number of halogens is 3. The van der Waals surface area contributed by atoms with E-state index in [1.54, 1.807) is 4.98 Å². The van der Waals surface area contributed by atoms with Crippen molar-refractivity contribution in [2.75, 3.05) is 6.61 Å². The van der Waals surface area contributed by atoms with Gasteiger partial charge in [0.15, 0.2) is 6.23 Å². The first-order valence-electron chi connectivity index (χ1n) is 5.68. The summed E-state index contributed by atoms with van der Waals surface area (Å²) in [5, 5.41) is 28.3. The number of rotatable bonds is 2. The number of ether oxygens (including phenoxy) is 1. The van der Waals surface area contributed by atoms with Crippen molar-refractivity contribution < 1.29 is 33.2 Å². The Morgan fingerprint density at radius 3 is 2.52 bits per heavy atom. The molecule has 1 saturated heterocycles. The number of hydrogen-bond donors (Lipinski definition) is 4. The zero-order valence-electron chi connectivity index (χ0n) is 10.2. The predicted molar refractivity (Wildman–Crippen MR) is 59.3 cm³/mol. The van der Waals surface area contributed by atoms with Crippen molar-refractivity contribution in [1.82, 2.24) is 9.55 Å². The Hall–Kier alpha value is -1.69. The van der Waals surface area contributed by atoms with Crippen LogP contribution in [0.3, 0.4) is 0 Å². The van der Waals surface area contributed by atoms with E-state index in [0.29, 0.717) is 6.20 Å². The molecule has 0 bridgehead atoms. The van der Waals surface area contributed by atoms with Crippen LogP contribution in [0.25, 0.3) is 0 Å². The Morgan fingerprint density at radius 1 is 1.43 bits per heavy atom. The third kappa shape index (κ3) is 2.27. The zero-order chi connectivity index (χ0) is 16.0. The Bertz CT molecular complexity index is 641. The minimum Gasteiger partial charge on any atom is -0.394 e. The lowest BCUT2D eigenvalue weighted by molar-refractivity contribution is -0.304. The molecule has 2 rings (SSSR count). The highest BCUT2D eigenvalue weighted by Gasteiger charge is 2.70. The Morgan fingerprint density at radius 2 is 2.05 bits per heavy atom. The van der Waals surface area contributed by atoms with E-state index in [1.165, 1.54) is 0 Å². The molecule has 0 aliphatic carbocycles. The van der Waals surface area contributed by atoms with Gasteiger partial charge in [0.1, 0.15) is 12.2 Å². The SMILES string of the molecule is O=c1ccn([C@@H]2O[C@H](CO)C(O)[C@]2(O)C(F)(F)F)c(=O)[nH]1. The van der Waals surface area contributed by atoms with Gasteiger partial charge in [0, 0.05) is 12.3 Å². The van der Waals surface area contributed by atoms with E-state index >= 15 is 0 Å². The number of aliphatic hydroxyl groups excluding tert-OH is 2. The van der Waals surface area contributed by atoms with Crippen LogP contribution in [0.15, 0.2) is 21.9 Å². The van der Waals surface area contributed by atoms with Crippen LogP contribution in [-0.4, -0.2) is 55.5 Å². The van der Waals surface area contributed by atoms with Crippen LogP contribution in [0, 0.1) is 0 Å². The van der Waals surface area contributed by atoms with Crippen molar-refractivity contribution >= 4 is 0 Å². The average Bonchev–Trinajstić information content (AvgIpc) is 2.63. The highest BCUT2D eigenvalue weighted by molar-refractivity contribution is 5.07. The van der Waals surface area contributed by atoms with Crippen molar-refractivity contribution in [3.63, 3.8) is 0 Å². The van der Waals surface area contributed by atoms with Crippen molar-refractivity contribution in [3.8, 4) is 0 Å². The molecular formula is C10H11F3N2O6. The smallest absolute Gasteiger partial charge is 0.394 e. The molecule has 118 valence electrons. The molecule has 0 radical (unpaired) electrons. The molecule has 8 nitrogen and oxygen atoms in total. The number of nitrogens with one attached hydrogen (secondary N) is 1. The van der Waals surface area contributed by atoms with Gasteiger partial charge in [0.25, 0.3) is 5.56 Å². The van der Waals surface area contributed by atoms with Crippen LogP contribution in [0.2, 0.25) is 0 Å². The molecular weight excluding hydrogens is 301 g/mol. The standard InChI is InChI=1S/C10H11F3N2O6/c11-10(12,13)9(20)6(18)4(3-16)21-7(9)15-2-1-5(17)14-8(15)19/h1-2,4,6-7,16,18,20H,3H2,(H,14,17,19)/t4-,6?,7-,9-/m1/s1. The number of hydrogen-bond acceptors (Lipinski definition) is 6. The second kappa shape index (κ2) is 4.94. The molecule has 0 amide bonds. The van der Waals surface area contributed by atoms with Crippen molar-refractivity contribution in [1.29, 1.82) is 0 Å². The van der Waals surface area contributed by atoms with Crippen LogP contribution in [0.1, 0.15) is 6.23 Å². The van der Waals surface area contributed by atoms with E-state index < -0.39 is 48.1 Å². The lowest BCUT2D eigenvalue weighted by Crippen LogP contribution is -2.58. The number of aromatic nitrogens is 2. The molecule has 1 aliphatic heterocycles. The fourth-order valence-corrected chi connectivity index (χ4v) is 2.11. The Kier molecular flexibility index (Phi) is 3.70. The first-order valence-corrected chi connectivity index (χ1v) is 5.68. The van der Waals surface area contributed by atoms with Gasteiger partial charge in [-0.05, 0) is 0 Å². The van der Waals surface area contributed by atoms with Gasteiger partial charge in [-0.2, -0.15) is 13.2 Å². The molecule has 1 unspecified atom stereocenters. The lowest BCUT2D eigenvalue weighted by Gasteiger charge is -2.33. The number of nitrogens with zero attached hydrogens (tertiary/aromatic N) is 1. The summed E-state index contributed by atoms with van der Waals surface area (Å²) in [7, 11) is 0. The molecule has 1 fully saturated rings. The first kappa shape index (κ1) is 15.7. The summed E-state index contributed by atoms with van der Waals surface area (Å²) in [4.78, 5) is 24.2. The van der Waals surface area contributed by atoms with E-state index in [2.05, 4.69) is 0 Å². The molecule has 4 atom stereocenters. The van der Waals surface area contributed by atoms with Gasteiger partial charge >= 0.3 is 11.9 Å². The third-order valence-corrected chi connectivity index (χ3v) is 3.22. The molecule has 1 aromatic heterocycles. The topological polar surface area (TPSA) is 125 Å². The predicted octanol–water partition coefficient (Wildman–Crippen LogP) is -1.92. The molecule has 2 heterocycles. The second-order valence-corrected chi connectivity index (χ2v) is 4.49. The highest BCUT2D eigenvalue weighted by Crippen LogP contribution is 2.47. The fraction of sp³-hybridized carbons (Fsp3) is 0.600. The fourth-order valence-electron chi connectivity index (χ4n) is 2.11. The molecule has 21 heavy (non-hydrogen) atoms. The third-order valence-electron chi connectivity index (χ3n) is 3.22. The van der Waals surface area contributed by atoms with Crippen LogP contribution in [0.4, 0.5) is 13.2 Å². The average molecular weight is 312 g/mol. The van der Waals surface area contributed by atoms with Crippen LogP contribution >= 0.6 is 0 Å². The minimum absolute atomic E-state index is 0.285. The van der Waals surface area contributed by atoms with Crippen LogP contribution in [0.5, 0.6) is 0 Å². The summed E-state index contributed by atoms with van der Waals surface area (Å²) in [5.74, 6) is 0. The van der Waals surface area contributed by atoms with E-state index in [9.17, 15) is 33.0 Å². The molecule has 0 spiro atoms. The van der Waals surface area contributed by atoms with E-state index in [-0.39, 0.29) is 4.57 Å². The van der Waals surface area contributed by atoms with Gasteiger partial charge in [0.05, 0.1) is 6.61 Å². The maximum absolute atomic E-state index is 13.1. The highest BCUT2D eigenvalue weighted by atomic mass is 19.4. The maximum Gasteiger partial charge on any atom is 0.424 e. The zero-order valence-corrected chi connectivity index (χ0v) is 10.2. The first-order chi connectivity index (χ1) is 9.62. The summed E-state index contributed by atoms with van der Waals surface area (Å²) in [6.07, 6.45) is -11.3. The molecule has 1 aliphatic rings. The monoisotopic (exact) mass is 312 g/mol. The van der Waals surface area contributed by atoms with Gasteiger partial charge in [-0.1, -0.05) is 0 Å². The molecule has 1 aromatic rings.